The van der Waals surface area contributed by atoms with E-state index in [4.69, 9.17) is 0 Å². The molecule has 0 bridgehead atoms. The topological polar surface area (TPSA) is 17.1 Å². The number of rotatable bonds is 0. The van der Waals surface area contributed by atoms with Crippen molar-refractivity contribution in [2.45, 2.75) is 0 Å². The van der Waals surface area contributed by atoms with E-state index in [9.17, 15) is 4.79 Å². The molecule has 4 heavy (non-hydrogen) atoms. The molecule has 0 aromatic carbocycles. The Balaban J connectivity index is 2.80. The second kappa shape index (κ2) is 2.02. The van der Waals surface area contributed by atoms with Gasteiger partial charge >= 0.3 is 41.3 Å². The summed E-state index contributed by atoms with van der Waals surface area (Å²) in [6.45, 7) is 0. The van der Waals surface area contributed by atoms with Crippen molar-refractivity contribution in [3.8, 4) is 0 Å². The van der Waals surface area contributed by atoms with Gasteiger partial charge in [0.25, 0.3) is 0 Å². The molecule has 0 atom stereocenters. The molecular weight excluding hydrogens is 173 g/mol. The van der Waals surface area contributed by atoms with Gasteiger partial charge in [-0.25, -0.2) is 0 Å². The maximum atomic E-state index is 9.61. The van der Waals surface area contributed by atoms with E-state index in [0.717, 1.165) is 0 Å². The fourth-order valence-corrected chi connectivity index (χ4v) is 0. The van der Waals surface area contributed by atoms with E-state index in [1.807, 2.05) is 0 Å². The molecule has 0 heterocycles. The van der Waals surface area contributed by atoms with Crippen molar-refractivity contribution in [3.05, 3.63) is 0 Å². The van der Waals surface area contributed by atoms with Gasteiger partial charge in [-0.2, -0.15) is 0 Å². The fraction of sp³-hybridized carbons (Fsp3) is 0. The Bertz CT molecular complexity index is 29.0. The molecule has 0 saturated carbocycles. The van der Waals surface area contributed by atoms with Crippen LogP contribution in [0.25, 0.3) is 0 Å². The van der Waals surface area contributed by atoms with Crippen LogP contribution in [-0.4, -0.2) is 36.5 Å². The Hall–Kier alpha value is 0.756. The molecule has 0 aliphatic rings. The van der Waals surface area contributed by atoms with Gasteiger partial charge in [-0.1, -0.05) is 0 Å². The van der Waals surface area contributed by atoms with E-state index in [0.29, 0.717) is 36.5 Å². The first-order valence-electron chi connectivity index (χ1n) is 1.20. The predicted octanol–water partition coefficient (Wildman–Crippen LogP) is -2.16. The van der Waals surface area contributed by atoms with E-state index in [1.165, 1.54) is 0 Å². The summed E-state index contributed by atoms with van der Waals surface area (Å²) in [4.78, 5) is 9.61. The minimum absolute atomic E-state index is 0.507. The number of hydrogen-bond acceptors (Lipinski definition) is 1. The van der Waals surface area contributed by atoms with Crippen LogP contribution in [0.5, 0.6) is 0 Å². The van der Waals surface area contributed by atoms with Crippen LogP contribution in [-0.2, 0) is 0 Å². The van der Waals surface area contributed by atoms with Gasteiger partial charge in [-0.05, 0) is 0 Å². The summed E-state index contributed by atoms with van der Waals surface area (Å²) < 4.78 is 0.542. The summed E-state index contributed by atoms with van der Waals surface area (Å²) in [6, 6.07) is 0. The van der Waals surface area contributed by atoms with Crippen LogP contribution >= 0.6 is 0 Å². The van der Waals surface area contributed by atoms with Gasteiger partial charge in [0, 0.05) is 0 Å². The van der Waals surface area contributed by atoms with Crippen molar-refractivity contribution in [1.29, 1.82) is 0 Å². The van der Waals surface area contributed by atoms with Crippen LogP contribution < -0.4 is 0 Å². The molecule has 0 amide bonds. The van der Waals surface area contributed by atoms with Crippen LogP contribution in [0.2, 0.25) is 0 Å². The van der Waals surface area contributed by atoms with Crippen molar-refractivity contribution in [3.63, 3.8) is 0 Å². The molecule has 0 rings (SSSR count). The van der Waals surface area contributed by atoms with Gasteiger partial charge in [-0.3, -0.25) is 0 Å². The zero-order valence-corrected chi connectivity index (χ0v) is 11.3. The third kappa shape index (κ3) is 14.9. The Kier molecular flexibility index (Phi) is 2.40. The molecule has 0 saturated heterocycles. The fourth-order valence-electron chi connectivity index (χ4n) is 0. The summed E-state index contributed by atoms with van der Waals surface area (Å²) in [7, 11) is 0. The molecular formula is CH6Ge2O. The van der Waals surface area contributed by atoms with E-state index < -0.39 is 0 Å². The number of carbonyl (C=O) groups excluding carboxylic acids is 1. The van der Waals surface area contributed by atoms with Crippen LogP contribution in [0.3, 0.4) is 0 Å². The van der Waals surface area contributed by atoms with Gasteiger partial charge < -0.3 is 0 Å². The summed E-state index contributed by atoms with van der Waals surface area (Å²) >= 11 is 1.01. The van der Waals surface area contributed by atoms with E-state index in [1.54, 1.807) is 0 Å². The molecule has 0 aromatic rings. The van der Waals surface area contributed by atoms with Crippen LogP contribution in [0.1, 0.15) is 0 Å². The van der Waals surface area contributed by atoms with Crippen LogP contribution in [0.4, 0.5) is 4.79 Å². The normalized spacial score (nSPS) is 8.00. The molecule has 0 spiro atoms. The van der Waals surface area contributed by atoms with Gasteiger partial charge in [0.1, 0.15) is 0 Å². The Labute approximate surface area is 41.6 Å². The minimum atomic E-state index is 0.507. The Morgan fingerprint density at radius 1 is 1.50 bits per heavy atom. The van der Waals surface area contributed by atoms with Crippen molar-refractivity contribution >= 4 is 36.5 Å². The zero-order chi connectivity index (χ0) is 3.58. The second-order valence-electron chi connectivity index (χ2n) is 0.908. The van der Waals surface area contributed by atoms with Crippen molar-refractivity contribution in [2.75, 3.05) is 0 Å². The summed E-state index contributed by atoms with van der Waals surface area (Å²) in [5.41, 5.74) is 0. The van der Waals surface area contributed by atoms with Gasteiger partial charge in [-0.15, -0.1) is 0 Å². The first-order valence-corrected chi connectivity index (χ1v) is 5.40. The third-order valence-corrected chi connectivity index (χ3v) is 0. The van der Waals surface area contributed by atoms with E-state index in [-0.39, 0.29) is 0 Å². The van der Waals surface area contributed by atoms with Crippen molar-refractivity contribution in [2.24, 2.45) is 0 Å². The zero-order valence-electron chi connectivity index (χ0n) is 2.91. The molecule has 0 aromatic heterocycles. The van der Waals surface area contributed by atoms with Gasteiger partial charge in [0.15, 0.2) is 0 Å². The first kappa shape index (κ1) is 4.76. The first-order chi connectivity index (χ1) is 1.73. The molecule has 0 aliphatic carbocycles. The van der Waals surface area contributed by atoms with Crippen LogP contribution in [0, 0.1) is 0 Å². The van der Waals surface area contributed by atoms with Crippen molar-refractivity contribution in [1.82, 2.24) is 0 Å². The standard InChI is InChI=1S/CH6Ge2O/c2-1(3)4/h2-3H3. The molecule has 0 aliphatic heterocycles. The molecule has 0 N–H and O–H groups in total. The summed E-state index contributed by atoms with van der Waals surface area (Å²) in [5, 5.41) is 0. The predicted molar refractivity (Wildman–Crippen MR) is 25.3 cm³/mol. The Morgan fingerprint density at radius 3 is 1.50 bits per heavy atom. The third-order valence-electron chi connectivity index (χ3n) is 0. The molecule has 0 radical (unpaired) electrons. The number of carbonyl (C=O) groups is 1. The quantitative estimate of drug-likeness (QED) is 0.387. The summed E-state index contributed by atoms with van der Waals surface area (Å²) in [6.07, 6.45) is 0. The molecule has 0 unspecified atom stereocenters. The molecule has 1 nitrogen and oxygen atoms in total. The number of hydrogen-bond donors (Lipinski definition) is 0. The molecule has 0 fully saturated rings. The average molecular weight is 179 g/mol. The van der Waals surface area contributed by atoms with Crippen LogP contribution in [0.15, 0.2) is 0 Å². The average Bonchev–Trinajstić information content (AvgIpc) is 0.811. The second-order valence-corrected chi connectivity index (χ2v) is 15.6. The maximum absolute atomic E-state index is 9.61. The van der Waals surface area contributed by atoms with Gasteiger partial charge in [0.05, 0.1) is 0 Å². The van der Waals surface area contributed by atoms with Gasteiger partial charge in [0.2, 0.25) is 0 Å². The van der Waals surface area contributed by atoms with E-state index >= 15 is 0 Å². The van der Waals surface area contributed by atoms with E-state index in [2.05, 4.69) is 0 Å². The monoisotopic (exact) mass is 182 g/mol. The SMILES string of the molecule is O=[C]([GeH3])[GeH3]. The summed E-state index contributed by atoms with van der Waals surface area (Å²) in [5.74, 6) is 0. The Morgan fingerprint density at radius 2 is 1.50 bits per heavy atom. The molecule has 3 heteroatoms. The molecule has 24 valence electrons. The van der Waals surface area contributed by atoms with Crippen molar-refractivity contribution < 1.29 is 4.79 Å².